The summed E-state index contributed by atoms with van der Waals surface area (Å²) >= 11 is 0. The van der Waals surface area contributed by atoms with Crippen molar-refractivity contribution in [2.75, 3.05) is 34.3 Å². The molecule has 4 rings (SSSR count). The Morgan fingerprint density at radius 1 is 1.04 bits per heavy atom. The largest absolute Gasteiger partial charge is 0.497 e. The maximum atomic E-state index is 12.9. The number of ether oxygens (including phenoxy) is 1. The number of para-hydroxylation sites is 2. The molecule has 0 aliphatic rings. The van der Waals surface area contributed by atoms with Crippen LogP contribution >= 0.6 is 0 Å². The van der Waals surface area contributed by atoms with Gasteiger partial charge in [0.25, 0.3) is 5.91 Å². The highest BCUT2D eigenvalue weighted by atomic mass is 16.5. The third-order valence-electron chi connectivity index (χ3n) is 4.73. The molecule has 1 N–H and O–H groups in total. The van der Waals surface area contributed by atoms with Gasteiger partial charge in [-0.15, -0.1) is 0 Å². The molecular weight excluding hydrogens is 352 g/mol. The minimum Gasteiger partial charge on any atom is -0.497 e. The van der Waals surface area contributed by atoms with E-state index in [1.165, 1.54) is 0 Å². The lowest BCUT2D eigenvalue weighted by Gasteiger charge is -2.13. The third kappa shape index (κ3) is 3.34. The smallest absolute Gasteiger partial charge is 0.253 e. The summed E-state index contributed by atoms with van der Waals surface area (Å²) in [4.78, 5) is 24.6. The van der Waals surface area contributed by atoms with E-state index in [9.17, 15) is 4.79 Å². The number of methoxy groups -OCH3 is 1. The molecule has 0 aliphatic heterocycles. The number of nitrogens with zero attached hydrogens (tertiary/aromatic N) is 3. The van der Waals surface area contributed by atoms with E-state index in [4.69, 9.17) is 14.7 Å². The number of amides is 1. The molecule has 28 heavy (non-hydrogen) atoms. The fourth-order valence-corrected chi connectivity index (χ4v) is 3.26. The van der Waals surface area contributed by atoms with Crippen LogP contribution in [0.2, 0.25) is 0 Å². The summed E-state index contributed by atoms with van der Waals surface area (Å²) in [5.74, 6) is 0.584. The first-order chi connectivity index (χ1) is 13.6. The highest BCUT2D eigenvalue weighted by Gasteiger charge is 2.17. The Morgan fingerprint density at radius 2 is 1.75 bits per heavy atom. The number of carbonyl (C=O) groups is 1. The van der Waals surface area contributed by atoms with Crippen molar-refractivity contribution in [3.05, 3.63) is 54.1 Å². The molecule has 1 amide bonds. The molecule has 4 aromatic rings. The van der Waals surface area contributed by atoms with Gasteiger partial charge in [-0.2, -0.15) is 0 Å². The molecule has 0 unspecified atom stereocenters. The molecule has 1 heterocycles. The first-order valence-electron chi connectivity index (χ1n) is 9.17. The normalized spacial score (nSPS) is 11.4. The number of carbonyl (C=O) groups excluding carboxylic acids is 1. The lowest BCUT2D eigenvalue weighted by Crippen LogP contribution is -2.31. The molecule has 0 fully saturated rings. The summed E-state index contributed by atoms with van der Waals surface area (Å²) < 4.78 is 5.35. The van der Waals surface area contributed by atoms with Gasteiger partial charge in [-0.25, -0.2) is 9.97 Å². The van der Waals surface area contributed by atoms with E-state index in [1.807, 2.05) is 67.5 Å². The van der Waals surface area contributed by atoms with Crippen molar-refractivity contribution in [2.45, 2.75) is 0 Å². The molecule has 0 saturated carbocycles. The molecular formula is C22H22N4O2. The summed E-state index contributed by atoms with van der Waals surface area (Å²) in [5, 5.41) is 4.82. The SMILES string of the molecule is COc1ccc2c(c1)cc(C(=O)NCCN(C)C)c1nc3ccccc3nc12. The quantitative estimate of drug-likeness (QED) is 0.429. The van der Waals surface area contributed by atoms with Gasteiger partial charge in [0.2, 0.25) is 0 Å². The van der Waals surface area contributed by atoms with Gasteiger partial charge in [0.1, 0.15) is 11.3 Å². The average molecular weight is 374 g/mol. The van der Waals surface area contributed by atoms with Crippen LogP contribution < -0.4 is 10.1 Å². The van der Waals surface area contributed by atoms with Gasteiger partial charge in [-0.3, -0.25) is 4.79 Å². The predicted octanol–water partition coefficient (Wildman–Crippen LogP) is 3.24. The van der Waals surface area contributed by atoms with E-state index in [-0.39, 0.29) is 5.91 Å². The summed E-state index contributed by atoms with van der Waals surface area (Å²) in [6.07, 6.45) is 0. The molecule has 142 valence electrons. The maximum Gasteiger partial charge on any atom is 0.253 e. The summed E-state index contributed by atoms with van der Waals surface area (Å²) in [5.41, 5.74) is 3.42. The zero-order chi connectivity index (χ0) is 19.7. The van der Waals surface area contributed by atoms with Crippen LogP contribution in [0.15, 0.2) is 48.5 Å². The molecule has 1 aromatic heterocycles. The van der Waals surface area contributed by atoms with Gasteiger partial charge >= 0.3 is 0 Å². The highest BCUT2D eigenvalue weighted by Crippen LogP contribution is 2.30. The number of likely N-dealkylation sites (N-methyl/N-ethyl adjacent to an activating group) is 1. The number of nitrogens with one attached hydrogen (secondary N) is 1. The van der Waals surface area contributed by atoms with Gasteiger partial charge < -0.3 is 15.0 Å². The zero-order valence-corrected chi connectivity index (χ0v) is 16.2. The van der Waals surface area contributed by atoms with Gasteiger partial charge in [-0.1, -0.05) is 12.1 Å². The number of aromatic nitrogens is 2. The first-order valence-corrected chi connectivity index (χ1v) is 9.17. The van der Waals surface area contributed by atoms with Crippen LogP contribution in [-0.2, 0) is 0 Å². The molecule has 0 saturated heterocycles. The average Bonchev–Trinajstić information content (AvgIpc) is 2.70. The second kappa shape index (κ2) is 7.40. The molecule has 0 aliphatic carbocycles. The van der Waals surface area contributed by atoms with Crippen LogP contribution in [-0.4, -0.2) is 55.1 Å². The Morgan fingerprint density at radius 3 is 2.43 bits per heavy atom. The van der Waals surface area contributed by atoms with Crippen LogP contribution in [0, 0.1) is 0 Å². The van der Waals surface area contributed by atoms with Crippen LogP contribution in [0.1, 0.15) is 10.4 Å². The number of hydrogen-bond donors (Lipinski definition) is 1. The molecule has 0 bridgehead atoms. The van der Waals surface area contributed by atoms with Crippen molar-refractivity contribution in [3.8, 4) is 5.75 Å². The van der Waals surface area contributed by atoms with Crippen molar-refractivity contribution in [3.63, 3.8) is 0 Å². The van der Waals surface area contributed by atoms with E-state index in [0.29, 0.717) is 17.6 Å². The Balaban J connectivity index is 1.94. The third-order valence-corrected chi connectivity index (χ3v) is 4.73. The molecule has 0 spiro atoms. The first kappa shape index (κ1) is 18.1. The summed E-state index contributed by atoms with van der Waals surface area (Å²) in [7, 11) is 5.58. The van der Waals surface area contributed by atoms with E-state index < -0.39 is 0 Å². The van der Waals surface area contributed by atoms with Gasteiger partial charge in [0, 0.05) is 18.5 Å². The molecule has 0 atom stereocenters. The lowest BCUT2D eigenvalue weighted by molar-refractivity contribution is 0.0952. The molecule has 6 nitrogen and oxygen atoms in total. The predicted molar refractivity (Wildman–Crippen MR) is 112 cm³/mol. The van der Waals surface area contributed by atoms with Crippen LogP contribution in [0.25, 0.3) is 32.8 Å². The van der Waals surface area contributed by atoms with Crippen molar-refractivity contribution in [2.24, 2.45) is 0 Å². The summed E-state index contributed by atoms with van der Waals surface area (Å²) in [6.45, 7) is 1.32. The van der Waals surface area contributed by atoms with Gasteiger partial charge in [-0.05, 0) is 55.9 Å². The standard InChI is InChI=1S/C22H22N4O2/c1-26(2)11-10-23-22(27)17-13-14-12-15(28-3)8-9-16(14)20-21(17)25-19-7-5-4-6-18(19)24-20/h4-9,12-13H,10-11H2,1-3H3,(H,23,27). The molecule has 0 radical (unpaired) electrons. The molecule has 6 heteroatoms. The number of benzene rings is 3. The second-order valence-corrected chi connectivity index (χ2v) is 6.98. The lowest BCUT2D eigenvalue weighted by atomic mass is 10.0. The zero-order valence-electron chi connectivity index (χ0n) is 16.2. The van der Waals surface area contributed by atoms with Crippen molar-refractivity contribution >= 4 is 38.7 Å². The number of rotatable bonds is 5. The van der Waals surface area contributed by atoms with E-state index in [1.54, 1.807) is 7.11 Å². The highest BCUT2D eigenvalue weighted by molar-refractivity contribution is 6.15. The van der Waals surface area contributed by atoms with Crippen LogP contribution in [0.3, 0.4) is 0 Å². The van der Waals surface area contributed by atoms with Crippen molar-refractivity contribution in [1.29, 1.82) is 0 Å². The van der Waals surface area contributed by atoms with Crippen molar-refractivity contribution in [1.82, 2.24) is 20.2 Å². The number of fused-ring (bicyclic) bond motifs is 4. The van der Waals surface area contributed by atoms with E-state index in [0.717, 1.165) is 39.6 Å². The minimum atomic E-state index is -0.152. The fourth-order valence-electron chi connectivity index (χ4n) is 3.26. The van der Waals surface area contributed by atoms with E-state index in [2.05, 4.69) is 5.32 Å². The summed E-state index contributed by atoms with van der Waals surface area (Å²) in [6, 6.07) is 15.4. The fraction of sp³-hybridized carbons (Fsp3) is 0.227. The minimum absolute atomic E-state index is 0.152. The Bertz CT molecular complexity index is 1190. The monoisotopic (exact) mass is 374 g/mol. The number of hydrogen-bond acceptors (Lipinski definition) is 5. The molecule has 3 aromatic carbocycles. The van der Waals surface area contributed by atoms with Crippen molar-refractivity contribution < 1.29 is 9.53 Å². The Labute approximate surface area is 163 Å². The van der Waals surface area contributed by atoms with E-state index >= 15 is 0 Å². The topological polar surface area (TPSA) is 67.3 Å². The van der Waals surface area contributed by atoms with Crippen LogP contribution in [0.5, 0.6) is 5.75 Å². The maximum absolute atomic E-state index is 12.9. The Hall–Kier alpha value is -3.25. The van der Waals surface area contributed by atoms with Gasteiger partial charge in [0.15, 0.2) is 0 Å². The van der Waals surface area contributed by atoms with Crippen LogP contribution in [0.4, 0.5) is 0 Å². The second-order valence-electron chi connectivity index (χ2n) is 6.98. The Kier molecular flexibility index (Phi) is 4.79. The van der Waals surface area contributed by atoms with Gasteiger partial charge in [0.05, 0.1) is 29.2 Å².